The first kappa shape index (κ1) is 9.52. The Morgan fingerprint density at radius 3 is 2.79 bits per heavy atom. The first-order valence-corrected chi connectivity index (χ1v) is 5.10. The molecule has 2 rings (SSSR count). The summed E-state index contributed by atoms with van der Waals surface area (Å²) in [6.07, 6.45) is 0.664. The molecular formula is C10H9BrO3. The predicted octanol–water partition coefficient (Wildman–Crippen LogP) is 2.34. The third-order valence-electron chi connectivity index (χ3n) is 2.49. The van der Waals surface area contributed by atoms with Gasteiger partial charge in [0, 0.05) is 4.47 Å². The van der Waals surface area contributed by atoms with E-state index in [1.807, 2.05) is 0 Å². The number of aliphatic carboxylic acids is 1. The summed E-state index contributed by atoms with van der Waals surface area (Å²) in [4.78, 5) is 10.7. The largest absolute Gasteiger partial charge is 0.508 e. The van der Waals surface area contributed by atoms with Crippen LogP contribution in [0.25, 0.3) is 0 Å². The van der Waals surface area contributed by atoms with Gasteiger partial charge in [-0.1, -0.05) is 15.9 Å². The lowest BCUT2D eigenvalue weighted by molar-refractivity contribution is -0.138. The summed E-state index contributed by atoms with van der Waals surface area (Å²) < 4.78 is 0.865. The van der Waals surface area contributed by atoms with Gasteiger partial charge in [0.25, 0.3) is 0 Å². The Hall–Kier alpha value is -1.03. The molecule has 3 nitrogen and oxygen atoms in total. The summed E-state index contributed by atoms with van der Waals surface area (Å²) in [5.74, 6) is -0.813. The molecular weight excluding hydrogens is 248 g/mol. The van der Waals surface area contributed by atoms with Gasteiger partial charge in [0.2, 0.25) is 0 Å². The van der Waals surface area contributed by atoms with Crippen molar-refractivity contribution in [3.05, 3.63) is 28.2 Å². The van der Waals surface area contributed by atoms with E-state index in [4.69, 9.17) is 5.11 Å². The third kappa shape index (κ3) is 1.62. The van der Waals surface area contributed by atoms with Crippen molar-refractivity contribution in [3.8, 4) is 5.75 Å². The van der Waals surface area contributed by atoms with Crippen LogP contribution in [0.3, 0.4) is 0 Å². The molecule has 4 heteroatoms. The normalized spacial score (nSPS) is 24.6. The molecule has 0 amide bonds. The second-order valence-electron chi connectivity index (χ2n) is 3.49. The minimum atomic E-state index is -0.759. The van der Waals surface area contributed by atoms with E-state index in [-0.39, 0.29) is 17.6 Å². The van der Waals surface area contributed by atoms with Crippen LogP contribution < -0.4 is 0 Å². The van der Waals surface area contributed by atoms with Gasteiger partial charge in [0.05, 0.1) is 5.92 Å². The molecule has 0 bridgehead atoms. The van der Waals surface area contributed by atoms with Crippen molar-refractivity contribution in [1.29, 1.82) is 0 Å². The summed E-state index contributed by atoms with van der Waals surface area (Å²) in [7, 11) is 0. The van der Waals surface area contributed by atoms with Gasteiger partial charge in [-0.25, -0.2) is 0 Å². The number of hydrogen-bond donors (Lipinski definition) is 2. The Morgan fingerprint density at radius 2 is 2.21 bits per heavy atom. The minimum absolute atomic E-state index is 0.0500. The van der Waals surface area contributed by atoms with Crippen LogP contribution in [0.5, 0.6) is 5.75 Å². The summed E-state index contributed by atoms with van der Waals surface area (Å²) in [6, 6.07) is 4.94. The zero-order valence-electron chi connectivity index (χ0n) is 7.27. The molecule has 0 heterocycles. The number of carbonyl (C=O) groups is 1. The van der Waals surface area contributed by atoms with Crippen molar-refractivity contribution in [1.82, 2.24) is 0 Å². The van der Waals surface area contributed by atoms with Crippen LogP contribution in [0, 0.1) is 5.92 Å². The predicted molar refractivity (Wildman–Crippen MR) is 54.3 cm³/mol. The fourth-order valence-electron chi connectivity index (χ4n) is 1.63. The molecule has 2 unspecified atom stereocenters. The quantitative estimate of drug-likeness (QED) is 0.854. The number of halogens is 1. The number of benzene rings is 1. The molecule has 1 aromatic carbocycles. The molecule has 1 aliphatic rings. The third-order valence-corrected chi connectivity index (χ3v) is 3.21. The smallest absolute Gasteiger partial charge is 0.307 e. The Morgan fingerprint density at radius 1 is 1.50 bits per heavy atom. The van der Waals surface area contributed by atoms with Gasteiger partial charge in [0.15, 0.2) is 0 Å². The van der Waals surface area contributed by atoms with Crippen LogP contribution in [-0.4, -0.2) is 16.2 Å². The SMILES string of the molecule is O=C(O)C1CC1c1cc(O)ccc1Br. The monoisotopic (exact) mass is 256 g/mol. The zero-order chi connectivity index (χ0) is 10.3. The molecule has 2 N–H and O–H groups in total. The van der Waals surface area contributed by atoms with Crippen LogP contribution in [0.2, 0.25) is 0 Å². The fourth-order valence-corrected chi connectivity index (χ4v) is 2.17. The Bertz CT molecular complexity index is 389. The highest BCUT2D eigenvalue weighted by molar-refractivity contribution is 9.10. The number of aromatic hydroxyl groups is 1. The molecule has 74 valence electrons. The first-order chi connectivity index (χ1) is 6.59. The molecule has 14 heavy (non-hydrogen) atoms. The van der Waals surface area contributed by atoms with Crippen molar-refractivity contribution in [2.45, 2.75) is 12.3 Å². The lowest BCUT2D eigenvalue weighted by atomic mass is 10.1. The van der Waals surface area contributed by atoms with Gasteiger partial charge < -0.3 is 10.2 Å². The van der Waals surface area contributed by atoms with E-state index in [2.05, 4.69) is 15.9 Å². The maximum absolute atomic E-state index is 10.7. The summed E-state index contributed by atoms with van der Waals surface area (Å²) >= 11 is 3.34. The minimum Gasteiger partial charge on any atom is -0.508 e. The van der Waals surface area contributed by atoms with E-state index < -0.39 is 5.97 Å². The van der Waals surface area contributed by atoms with Crippen LogP contribution in [0.15, 0.2) is 22.7 Å². The zero-order valence-corrected chi connectivity index (χ0v) is 8.86. The highest BCUT2D eigenvalue weighted by atomic mass is 79.9. The maximum atomic E-state index is 10.7. The Balaban J connectivity index is 2.26. The van der Waals surface area contributed by atoms with Crippen LogP contribution in [0.1, 0.15) is 17.9 Å². The molecule has 0 radical (unpaired) electrons. The van der Waals surface area contributed by atoms with Gasteiger partial charge in [-0.05, 0) is 36.1 Å². The number of carboxylic acid groups (broad SMARTS) is 1. The van der Waals surface area contributed by atoms with Gasteiger partial charge in [-0.2, -0.15) is 0 Å². The van der Waals surface area contributed by atoms with Crippen molar-refractivity contribution >= 4 is 21.9 Å². The van der Waals surface area contributed by atoms with E-state index >= 15 is 0 Å². The van der Waals surface area contributed by atoms with Crippen molar-refractivity contribution in [2.24, 2.45) is 5.92 Å². The van der Waals surface area contributed by atoms with Gasteiger partial charge in [-0.3, -0.25) is 4.79 Å². The van der Waals surface area contributed by atoms with Gasteiger partial charge >= 0.3 is 5.97 Å². The molecule has 1 aromatic rings. The molecule has 2 atom stereocenters. The average Bonchev–Trinajstić information content (AvgIpc) is 2.88. The molecule has 0 aromatic heterocycles. The number of hydrogen-bond acceptors (Lipinski definition) is 2. The summed E-state index contributed by atoms with van der Waals surface area (Å²) in [5, 5.41) is 18.0. The second kappa shape index (κ2) is 3.28. The molecule has 0 aliphatic heterocycles. The van der Waals surface area contributed by atoms with E-state index in [1.54, 1.807) is 18.2 Å². The topological polar surface area (TPSA) is 57.5 Å². The maximum Gasteiger partial charge on any atom is 0.307 e. The average molecular weight is 257 g/mol. The Labute approximate surface area is 89.5 Å². The highest BCUT2D eigenvalue weighted by Gasteiger charge is 2.45. The van der Waals surface area contributed by atoms with Crippen LogP contribution in [0.4, 0.5) is 0 Å². The molecule has 0 saturated heterocycles. The van der Waals surface area contributed by atoms with E-state index in [0.29, 0.717) is 6.42 Å². The van der Waals surface area contributed by atoms with E-state index in [0.717, 1.165) is 10.0 Å². The van der Waals surface area contributed by atoms with E-state index in [9.17, 15) is 9.90 Å². The van der Waals surface area contributed by atoms with Crippen molar-refractivity contribution < 1.29 is 15.0 Å². The molecule has 1 saturated carbocycles. The van der Waals surface area contributed by atoms with Gasteiger partial charge in [0.1, 0.15) is 5.75 Å². The Kier molecular flexibility index (Phi) is 2.23. The number of phenolic OH excluding ortho intramolecular Hbond substituents is 1. The number of carboxylic acids is 1. The molecule has 1 fully saturated rings. The van der Waals surface area contributed by atoms with Crippen LogP contribution in [-0.2, 0) is 4.79 Å². The van der Waals surface area contributed by atoms with Crippen molar-refractivity contribution in [3.63, 3.8) is 0 Å². The highest BCUT2D eigenvalue weighted by Crippen LogP contribution is 2.50. The summed E-state index contributed by atoms with van der Waals surface area (Å²) in [5.41, 5.74) is 0.886. The first-order valence-electron chi connectivity index (χ1n) is 4.31. The molecule has 0 spiro atoms. The molecule has 1 aliphatic carbocycles. The van der Waals surface area contributed by atoms with E-state index in [1.165, 1.54) is 0 Å². The lowest BCUT2D eigenvalue weighted by Gasteiger charge is -2.03. The van der Waals surface area contributed by atoms with Gasteiger partial charge in [-0.15, -0.1) is 0 Å². The lowest BCUT2D eigenvalue weighted by Crippen LogP contribution is -1.99. The fraction of sp³-hybridized carbons (Fsp3) is 0.300. The summed E-state index contributed by atoms with van der Waals surface area (Å²) in [6.45, 7) is 0. The second-order valence-corrected chi connectivity index (χ2v) is 4.35. The van der Waals surface area contributed by atoms with Crippen molar-refractivity contribution in [2.75, 3.05) is 0 Å². The number of rotatable bonds is 2. The number of phenols is 1. The van der Waals surface area contributed by atoms with Crippen LogP contribution >= 0.6 is 15.9 Å². The standard InChI is InChI=1S/C10H9BrO3/c11-9-2-1-5(12)3-7(9)6-4-8(6)10(13)14/h1-3,6,8,12H,4H2,(H,13,14).